The lowest BCUT2D eigenvalue weighted by atomic mass is 9.98. The van der Waals surface area contributed by atoms with E-state index in [2.05, 4.69) is 12.1 Å². The van der Waals surface area contributed by atoms with E-state index in [0.29, 0.717) is 22.8 Å². The van der Waals surface area contributed by atoms with Gasteiger partial charge in [0, 0.05) is 18.1 Å². The van der Waals surface area contributed by atoms with Crippen molar-refractivity contribution in [2.45, 2.75) is 12.5 Å². The number of carbonyl (C=O) groups is 2. The average molecular weight is 478 g/mol. The van der Waals surface area contributed by atoms with Crippen molar-refractivity contribution < 1.29 is 33.6 Å². The lowest BCUT2D eigenvalue weighted by Gasteiger charge is -2.24. The molecule has 0 aliphatic heterocycles. The predicted octanol–water partition coefficient (Wildman–Crippen LogP) is 4.55. The zero-order valence-corrected chi connectivity index (χ0v) is 19.8. The highest BCUT2D eigenvalue weighted by atomic mass is 16.6. The van der Waals surface area contributed by atoms with Gasteiger partial charge in [0.05, 0.1) is 33.4 Å². The lowest BCUT2D eigenvalue weighted by Crippen LogP contribution is -2.36. The normalized spacial score (nSPS) is 11.9. The Morgan fingerprint density at radius 3 is 1.89 bits per heavy atom. The zero-order valence-electron chi connectivity index (χ0n) is 19.8. The molecule has 0 radical (unpaired) electrons. The SMILES string of the molecule is COc1cc(OC)c(CN(CC(=O)O)C(=O)OCC2c3ccccc3-c3ccccc32)c(OC)c1. The summed E-state index contributed by atoms with van der Waals surface area (Å²) in [6, 6.07) is 19.3. The highest BCUT2D eigenvalue weighted by molar-refractivity contribution is 5.80. The average Bonchev–Trinajstić information content (AvgIpc) is 3.20. The summed E-state index contributed by atoms with van der Waals surface area (Å²) < 4.78 is 21.8. The van der Waals surface area contributed by atoms with Gasteiger partial charge in [-0.1, -0.05) is 48.5 Å². The number of fused-ring (bicyclic) bond motifs is 3. The highest BCUT2D eigenvalue weighted by Gasteiger charge is 2.30. The molecule has 0 atom stereocenters. The van der Waals surface area contributed by atoms with Gasteiger partial charge in [-0.2, -0.15) is 0 Å². The maximum Gasteiger partial charge on any atom is 0.410 e. The molecule has 1 aliphatic rings. The van der Waals surface area contributed by atoms with Crippen LogP contribution in [0.25, 0.3) is 11.1 Å². The molecular weight excluding hydrogens is 450 g/mol. The van der Waals surface area contributed by atoms with Crippen molar-refractivity contribution in [1.29, 1.82) is 0 Å². The third-order valence-corrected chi connectivity index (χ3v) is 6.09. The van der Waals surface area contributed by atoms with Crippen molar-refractivity contribution >= 4 is 12.1 Å². The van der Waals surface area contributed by atoms with Crippen molar-refractivity contribution in [3.63, 3.8) is 0 Å². The first kappa shape index (κ1) is 23.9. The van der Waals surface area contributed by atoms with E-state index in [0.717, 1.165) is 27.2 Å². The predicted molar refractivity (Wildman–Crippen MR) is 129 cm³/mol. The number of carbonyl (C=O) groups excluding carboxylic acids is 1. The van der Waals surface area contributed by atoms with Gasteiger partial charge in [-0.3, -0.25) is 9.69 Å². The second kappa shape index (κ2) is 10.4. The van der Waals surface area contributed by atoms with Crippen LogP contribution in [0.5, 0.6) is 17.2 Å². The Hall–Kier alpha value is -4.20. The van der Waals surface area contributed by atoms with E-state index in [1.54, 1.807) is 12.1 Å². The van der Waals surface area contributed by atoms with E-state index in [9.17, 15) is 14.7 Å². The molecule has 0 unspecified atom stereocenters. The minimum Gasteiger partial charge on any atom is -0.496 e. The molecule has 0 saturated heterocycles. The molecule has 0 spiro atoms. The van der Waals surface area contributed by atoms with Crippen molar-refractivity contribution in [3.05, 3.63) is 77.4 Å². The van der Waals surface area contributed by atoms with Gasteiger partial charge in [0.15, 0.2) is 0 Å². The Bertz CT molecular complexity index is 1170. The fraction of sp³-hybridized carbons (Fsp3) is 0.259. The third-order valence-electron chi connectivity index (χ3n) is 6.09. The first-order valence-corrected chi connectivity index (χ1v) is 11.1. The van der Waals surface area contributed by atoms with Gasteiger partial charge in [-0.25, -0.2) is 4.79 Å². The van der Waals surface area contributed by atoms with E-state index in [1.807, 2.05) is 36.4 Å². The second-order valence-corrected chi connectivity index (χ2v) is 8.06. The van der Waals surface area contributed by atoms with Crippen LogP contribution in [0.15, 0.2) is 60.7 Å². The van der Waals surface area contributed by atoms with Crippen LogP contribution in [0.4, 0.5) is 4.79 Å². The summed E-state index contributed by atoms with van der Waals surface area (Å²) in [6.45, 7) is -0.547. The van der Waals surface area contributed by atoms with Gasteiger partial charge >= 0.3 is 12.1 Å². The highest BCUT2D eigenvalue weighted by Crippen LogP contribution is 2.44. The molecule has 8 nitrogen and oxygen atoms in total. The number of benzene rings is 3. The van der Waals surface area contributed by atoms with Crippen LogP contribution in [0.1, 0.15) is 22.6 Å². The van der Waals surface area contributed by atoms with Crippen LogP contribution in [0.3, 0.4) is 0 Å². The number of rotatable bonds is 9. The van der Waals surface area contributed by atoms with Crippen LogP contribution in [-0.4, -0.2) is 56.6 Å². The maximum atomic E-state index is 13.1. The molecule has 182 valence electrons. The number of methoxy groups -OCH3 is 3. The van der Waals surface area contributed by atoms with E-state index in [1.165, 1.54) is 21.3 Å². The monoisotopic (exact) mass is 477 g/mol. The first-order valence-electron chi connectivity index (χ1n) is 11.1. The summed E-state index contributed by atoms with van der Waals surface area (Å²) in [4.78, 5) is 25.8. The smallest absolute Gasteiger partial charge is 0.410 e. The van der Waals surface area contributed by atoms with E-state index in [4.69, 9.17) is 18.9 Å². The minimum absolute atomic E-state index is 0.0832. The third kappa shape index (κ3) is 4.87. The van der Waals surface area contributed by atoms with Gasteiger partial charge in [-0.15, -0.1) is 0 Å². The number of nitrogens with zero attached hydrogens (tertiary/aromatic N) is 1. The number of carboxylic acid groups (broad SMARTS) is 1. The number of amides is 1. The van der Waals surface area contributed by atoms with Gasteiger partial charge in [0.1, 0.15) is 30.4 Å². The van der Waals surface area contributed by atoms with Crippen molar-refractivity contribution in [2.24, 2.45) is 0 Å². The molecule has 35 heavy (non-hydrogen) atoms. The quantitative estimate of drug-likeness (QED) is 0.483. The Kier molecular flexibility index (Phi) is 7.10. The number of carboxylic acids is 1. The molecule has 4 rings (SSSR count). The minimum atomic E-state index is -1.16. The standard InChI is InChI=1S/C27H27NO7/c1-32-17-12-24(33-2)22(25(13-17)34-3)14-28(15-26(29)30)27(31)35-16-23-20-10-6-4-8-18(20)19-9-5-7-11-21(19)23/h4-13,23H,14-16H2,1-3H3,(H,29,30). The Morgan fingerprint density at radius 1 is 0.857 bits per heavy atom. The zero-order chi connectivity index (χ0) is 24.9. The fourth-order valence-electron chi connectivity index (χ4n) is 4.46. The van der Waals surface area contributed by atoms with Crippen LogP contribution in [0, 0.1) is 0 Å². The summed E-state index contributed by atoms with van der Waals surface area (Å²) in [7, 11) is 4.47. The summed E-state index contributed by atoms with van der Waals surface area (Å²) >= 11 is 0. The van der Waals surface area contributed by atoms with Crippen molar-refractivity contribution in [3.8, 4) is 28.4 Å². The molecule has 1 N–H and O–H groups in total. The van der Waals surface area contributed by atoms with E-state index >= 15 is 0 Å². The van der Waals surface area contributed by atoms with Crippen molar-refractivity contribution in [2.75, 3.05) is 34.5 Å². The topological polar surface area (TPSA) is 94.5 Å². The molecule has 0 bridgehead atoms. The molecule has 0 saturated carbocycles. The Balaban J connectivity index is 1.57. The summed E-state index contributed by atoms with van der Waals surface area (Å²) in [6.07, 6.45) is -0.741. The summed E-state index contributed by atoms with van der Waals surface area (Å²) in [5, 5.41) is 9.45. The number of ether oxygens (including phenoxy) is 4. The maximum absolute atomic E-state index is 13.1. The lowest BCUT2D eigenvalue weighted by molar-refractivity contribution is -0.138. The van der Waals surface area contributed by atoms with Crippen molar-refractivity contribution in [1.82, 2.24) is 4.90 Å². The first-order chi connectivity index (χ1) is 17.0. The van der Waals surface area contributed by atoms with Crippen LogP contribution in [-0.2, 0) is 16.1 Å². The molecule has 1 amide bonds. The molecule has 0 aromatic heterocycles. The van der Waals surface area contributed by atoms with Gasteiger partial charge in [0.2, 0.25) is 0 Å². The van der Waals surface area contributed by atoms with E-state index in [-0.39, 0.29) is 19.1 Å². The molecular formula is C27H27NO7. The Morgan fingerprint density at radius 2 is 1.40 bits per heavy atom. The van der Waals surface area contributed by atoms with Crippen LogP contribution >= 0.6 is 0 Å². The molecule has 3 aromatic rings. The number of aliphatic carboxylic acids is 1. The van der Waals surface area contributed by atoms with Gasteiger partial charge in [0.25, 0.3) is 0 Å². The second-order valence-electron chi connectivity index (χ2n) is 8.06. The molecule has 1 aliphatic carbocycles. The molecule has 3 aromatic carbocycles. The van der Waals surface area contributed by atoms with E-state index < -0.39 is 18.6 Å². The molecule has 8 heteroatoms. The van der Waals surface area contributed by atoms with Crippen LogP contribution < -0.4 is 14.2 Å². The summed E-state index contributed by atoms with van der Waals surface area (Å²) in [5.41, 5.74) is 4.87. The molecule has 0 fully saturated rings. The summed E-state index contributed by atoms with van der Waals surface area (Å²) in [5.74, 6) is 0.0208. The molecule has 0 heterocycles. The number of hydrogen-bond donors (Lipinski definition) is 1. The fourth-order valence-corrected chi connectivity index (χ4v) is 4.46. The number of hydrogen-bond acceptors (Lipinski definition) is 6. The van der Waals surface area contributed by atoms with Gasteiger partial charge < -0.3 is 24.1 Å². The van der Waals surface area contributed by atoms with Crippen LogP contribution in [0.2, 0.25) is 0 Å². The Labute approximate surface area is 203 Å². The van der Waals surface area contributed by atoms with Gasteiger partial charge in [-0.05, 0) is 22.3 Å². The largest absolute Gasteiger partial charge is 0.496 e.